The van der Waals surface area contributed by atoms with Crippen molar-refractivity contribution in [2.24, 2.45) is 17.8 Å². The lowest BCUT2D eigenvalue weighted by Gasteiger charge is -2.18. The SMILES string of the molecule is CC(C)C(=O)CC1CCCC1.CC(C)C(=O)NCC(C)(C)O. The van der Waals surface area contributed by atoms with Gasteiger partial charge < -0.3 is 10.4 Å². The van der Waals surface area contributed by atoms with Gasteiger partial charge in [-0.15, -0.1) is 0 Å². The highest BCUT2D eigenvalue weighted by atomic mass is 16.3. The average Bonchev–Trinajstić information content (AvgIpc) is 2.88. The van der Waals surface area contributed by atoms with Gasteiger partial charge in [-0.1, -0.05) is 53.4 Å². The highest BCUT2D eigenvalue weighted by Crippen LogP contribution is 2.28. The monoisotopic (exact) mass is 313 g/mol. The molecule has 0 aliphatic heterocycles. The fraction of sp³-hybridized carbons (Fsp3) is 0.889. The minimum Gasteiger partial charge on any atom is -0.389 e. The molecule has 2 N–H and O–H groups in total. The van der Waals surface area contributed by atoms with Gasteiger partial charge in [-0.3, -0.25) is 9.59 Å². The second-order valence-corrected chi connectivity index (χ2v) is 7.66. The quantitative estimate of drug-likeness (QED) is 0.790. The molecule has 1 aliphatic carbocycles. The zero-order valence-corrected chi connectivity index (χ0v) is 15.2. The Kier molecular flexibility index (Phi) is 9.58. The van der Waals surface area contributed by atoms with Crippen molar-refractivity contribution in [1.29, 1.82) is 0 Å². The Hall–Kier alpha value is -0.900. The fourth-order valence-electron chi connectivity index (χ4n) is 2.24. The molecular formula is C18H35NO3. The average molecular weight is 313 g/mol. The fourth-order valence-corrected chi connectivity index (χ4v) is 2.24. The van der Waals surface area contributed by atoms with E-state index in [1.807, 2.05) is 27.7 Å². The van der Waals surface area contributed by atoms with Crippen molar-refractivity contribution in [1.82, 2.24) is 5.32 Å². The molecule has 4 heteroatoms. The standard InChI is InChI=1S/C10H18O.C8H17NO2/c1-8(2)10(11)7-9-5-3-4-6-9;1-6(2)7(10)9-5-8(3,4)11/h8-9H,3-7H2,1-2H3;6,11H,5H2,1-4H3,(H,9,10). The maximum atomic E-state index is 11.3. The summed E-state index contributed by atoms with van der Waals surface area (Å²) in [5.41, 5.74) is -0.815. The molecule has 1 saturated carbocycles. The van der Waals surface area contributed by atoms with Crippen LogP contribution in [-0.2, 0) is 9.59 Å². The normalized spacial score (nSPS) is 15.7. The molecule has 0 atom stereocenters. The summed E-state index contributed by atoms with van der Waals surface area (Å²) in [7, 11) is 0. The number of Topliss-reactive ketones (excluding diaryl/α,β-unsaturated/α-hetero) is 1. The van der Waals surface area contributed by atoms with Gasteiger partial charge in [0.1, 0.15) is 5.78 Å². The predicted molar refractivity (Wildman–Crippen MR) is 90.6 cm³/mol. The van der Waals surface area contributed by atoms with Crippen LogP contribution in [0.2, 0.25) is 0 Å². The second-order valence-electron chi connectivity index (χ2n) is 7.66. The number of hydrogen-bond acceptors (Lipinski definition) is 3. The van der Waals surface area contributed by atoms with Gasteiger partial charge >= 0.3 is 0 Å². The number of rotatable bonds is 6. The van der Waals surface area contributed by atoms with Crippen LogP contribution in [0, 0.1) is 17.8 Å². The smallest absolute Gasteiger partial charge is 0.222 e. The van der Waals surface area contributed by atoms with Crippen LogP contribution in [0.3, 0.4) is 0 Å². The Bertz CT molecular complexity index is 337. The molecule has 1 aliphatic rings. The van der Waals surface area contributed by atoms with Crippen LogP contribution < -0.4 is 5.32 Å². The molecule has 0 spiro atoms. The molecule has 1 rings (SSSR count). The Morgan fingerprint density at radius 1 is 1.09 bits per heavy atom. The number of hydrogen-bond donors (Lipinski definition) is 2. The summed E-state index contributed by atoms with van der Waals surface area (Å²) < 4.78 is 0. The number of amides is 1. The van der Waals surface area contributed by atoms with Crippen molar-refractivity contribution < 1.29 is 14.7 Å². The third-order valence-electron chi connectivity index (χ3n) is 3.83. The Labute approximate surface area is 136 Å². The largest absolute Gasteiger partial charge is 0.389 e. The van der Waals surface area contributed by atoms with Crippen molar-refractivity contribution in [3.63, 3.8) is 0 Å². The molecule has 0 heterocycles. The maximum Gasteiger partial charge on any atom is 0.222 e. The summed E-state index contributed by atoms with van der Waals surface area (Å²) in [6.07, 6.45) is 6.11. The number of carbonyl (C=O) groups is 2. The van der Waals surface area contributed by atoms with E-state index in [9.17, 15) is 14.7 Å². The highest BCUT2D eigenvalue weighted by Gasteiger charge is 2.19. The summed E-state index contributed by atoms with van der Waals surface area (Å²) in [5, 5.41) is 11.9. The van der Waals surface area contributed by atoms with E-state index in [4.69, 9.17) is 0 Å². The number of ketones is 1. The van der Waals surface area contributed by atoms with Gasteiger partial charge in [0.2, 0.25) is 5.91 Å². The molecule has 0 aromatic heterocycles. The number of carbonyl (C=O) groups excluding carboxylic acids is 2. The van der Waals surface area contributed by atoms with Crippen LogP contribution >= 0.6 is 0 Å². The van der Waals surface area contributed by atoms with Crippen LogP contribution in [0.5, 0.6) is 0 Å². The van der Waals surface area contributed by atoms with Gasteiger partial charge in [-0.25, -0.2) is 0 Å². The van der Waals surface area contributed by atoms with Gasteiger partial charge in [-0.2, -0.15) is 0 Å². The second kappa shape index (κ2) is 9.98. The lowest BCUT2D eigenvalue weighted by Crippen LogP contribution is -2.39. The van der Waals surface area contributed by atoms with Crippen LogP contribution in [0.15, 0.2) is 0 Å². The summed E-state index contributed by atoms with van der Waals surface area (Å²) in [6.45, 7) is 11.3. The molecule has 22 heavy (non-hydrogen) atoms. The van der Waals surface area contributed by atoms with Gasteiger partial charge in [0.25, 0.3) is 0 Å². The third kappa shape index (κ3) is 10.8. The molecule has 0 aromatic carbocycles. The first-order valence-electron chi connectivity index (χ1n) is 8.55. The minimum absolute atomic E-state index is 0.0163. The summed E-state index contributed by atoms with van der Waals surface area (Å²) in [6, 6.07) is 0. The van der Waals surface area contributed by atoms with Gasteiger partial charge in [0.15, 0.2) is 0 Å². The van der Waals surface area contributed by atoms with Crippen LogP contribution in [-0.4, -0.2) is 28.9 Å². The maximum absolute atomic E-state index is 11.3. The molecule has 0 aromatic rings. The zero-order chi connectivity index (χ0) is 17.3. The molecule has 1 fully saturated rings. The van der Waals surface area contributed by atoms with Crippen molar-refractivity contribution in [2.45, 2.75) is 79.2 Å². The van der Waals surface area contributed by atoms with E-state index < -0.39 is 5.60 Å². The predicted octanol–water partition coefficient (Wildman–Crippen LogP) is 3.32. The molecule has 0 radical (unpaired) electrons. The lowest BCUT2D eigenvalue weighted by atomic mass is 9.95. The Morgan fingerprint density at radius 2 is 1.59 bits per heavy atom. The third-order valence-corrected chi connectivity index (χ3v) is 3.83. The van der Waals surface area contributed by atoms with E-state index in [1.165, 1.54) is 25.7 Å². The van der Waals surface area contributed by atoms with E-state index in [-0.39, 0.29) is 17.7 Å². The van der Waals surface area contributed by atoms with E-state index in [0.29, 0.717) is 12.3 Å². The molecule has 1 amide bonds. The number of nitrogens with one attached hydrogen (secondary N) is 1. The minimum atomic E-state index is -0.815. The van der Waals surface area contributed by atoms with Crippen molar-refractivity contribution >= 4 is 11.7 Å². The van der Waals surface area contributed by atoms with Crippen molar-refractivity contribution in [3.8, 4) is 0 Å². The zero-order valence-electron chi connectivity index (χ0n) is 15.2. The topological polar surface area (TPSA) is 66.4 Å². The van der Waals surface area contributed by atoms with Crippen molar-refractivity contribution in [2.75, 3.05) is 6.54 Å². The first-order valence-corrected chi connectivity index (χ1v) is 8.55. The lowest BCUT2D eigenvalue weighted by molar-refractivity contribution is -0.125. The van der Waals surface area contributed by atoms with E-state index in [0.717, 1.165) is 12.3 Å². The molecule has 4 nitrogen and oxygen atoms in total. The summed E-state index contributed by atoms with van der Waals surface area (Å²) in [4.78, 5) is 22.3. The van der Waals surface area contributed by atoms with E-state index in [1.54, 1.807) is 13.8 Å². The van der Waals surface area contributed by atoms with Gasteiger partial charge in [-0.05, 0) is 19.8 Å². The molecule has 0 unspecified atom stereocenters. The Balaban J connectivity index is 0.000000401. The van der Waals surface area contributed by atoms with Crippen LogP contribution in [0.25, 0.3) is 0 Å². The Morgan fingerprint density at radius 3 is 1.95 bits per heavy atom. The van der Waals surface area contributed by atoms with Crippen LogP contribution in [0.1, 0.15) is 73.6 Å². The summed E-state index contributed by atoms with van der Waals surface area (Å²) in [5.74, 6) is 1.39. The van der Waals surface area contributed by atoms with Gasteiger partial charge in [0, 0.05) is 24.8 Å². The first kappa shape index (κ1) is 21.1. The molecule has 0 saturated heterocycles. The summed E-state index contributed by atoms with van der Waals surface area (Å²) >= 11 is 0. The van der Waals surface area contributed by atoms with E-state index in [2.05, 4.69) is 5.32 Å². The van der Waals surface area contributed by atoms with Crippen molar-refractivity contribution in [3.05, 3.63) is 0 Å². The van der Waals surface area contributed by atoms with Gasteiger partial charge in [0.05, 0.1) is 5.60 Å². The van der Waals surface area contributed by atoms with E-state index >= 15 is 0 Å². The van der Waals surface area contributed by atoms with Crippen LogP contribution in [0.4, 0.5) is 0 Å². The highest BCUT2D eigenvalue weighted by molar-refractivity contribution is 5.80. The number of aliphatic hydroxyl groups is 1. The molecule has 0 bridgehead atoms. The molecule has 130 valence electrons. The first-order chi connectivity index (χ1) is 10.0. The molecular weight excluding hydrogens is 278 g/mol.